The molecule has 0 aromatic rings. The number of nitrogens with one attached hydrogen (secondary N) is 3. The first kappa shape index (κ1) is 33.4. The summed E-state index contributed by atoms with van der Waals surface area (Å²) in [6.07, 6.45) is -5.71. The van der Waals surface area contributed by atoms with Crippen LogP contribution in [-0.4, -0.2) is 137 Å². The van der Waals surface area contributed by atoms with E-state index in [2.05, 4.69) is 15.6 Å². The molecule has 0 aromatic carbocycles. The second-order valence-corrected chi connectivity index (χ2v) is 12.6. The number of hydrogen-bond acceptors (Lipinski definition) is 14. The van der Waals surface area contributed by atoms with Crippen molar-refractivity contribution in [2.45, 2.75) is 119 Å². The molecule has 4 aliphatic rings. The Labute approximate surface area is 246 Å². The Bertz CT molecular complexity index is 969. The molecule has 16 nitrogen and oxygen atoms in total. The van der Waals surface area contributed by atoms with Crippen molar-refractivity contribution in [3.8, 4) is 0 Å². The van der Waals surface area contributed by atoms with E-state index in [1.807, 2.05) is 0 Å². The number of aliphatic hydroxyl groups is 4. The second-order valence-electron chi connectivity index (χ2n) is 12.6. The Morgan fingerprint density at radius 1 is 1.12 bits per heavy atom. The lowest BCUT2D eigenvalue weighted by atomic mass is 9.82. The highest BCUT2D eigenvalue weighted by molar-refractivity contribution is 5.89. The number of ether oxygens (including phenoxy) is 4. The molecular formula is C26H50N8O8. The number of aliphatic imine (C=N–C) groups is 1. The third-order valence-electron chi connectivity index (χ3n) is 8.98. The van der Waals surface area contributed by atoms with Gasteiger partial charge in [-0.15, -0.1) is 0 Å². The molecule has 4 rings (SSSR count). The Kier molecular flexibility index (Phi) is 10.5. The largest absolute Gasteiger partial charge is 0.388 e. The highest BCUT2D eigenvalue weighted by atomic mass is 16.7. The lowest BCUT2D eigenvalue weighted by Gasteiger charge is -2.49. The molecule has 3 saturated heterocycles. The van der Waals surface area contributed by atoms with Gasteiger partial charge in [0, 0.05) is 25.0 Å². The number of hydrogen-bond donors (Lipinski definition) is 11. The van der Waals surface area contributed by atoms with Gasteiger partial charge in [0.25, 0.3) is 0 Å². The fourth-order valence-electron chi connectivity index (χ4n) is 5.60. The zero-order chi connectivity index (χ0) is 31.0. The maximum Gasteiger partial charge on any atom is 0.184 e. The van der Waals surface area contributed by atoms with E-state index in [0.29, 0.717) is 18.7 Å². The van der Waals surface area contributed by atoms with Crippen molar-refractivity contribution in [3.05, 3.63) is 0 Å². The number of amidine groups is 2. The van der Waals surface area contributed by atoms with E-state index >= 15 is 0 Å². The van der Waals surface area contributed by atoms with Crippen LogP contribution >= 0.6 is 0 Å². The van der Waals surface area contributed by atoms with E-state index in [1.165, 1.54) is 0 Å². The summed E-state index contributed by atoms with van der Waals surface area (Å²) >= 11 is 0. The number of nitrogens with two attached hydrogens (primary N) is 4. The van der Waals surface area contributed by atoms with E-state index < -0.39 is 72.2 Å². The number of aliphatic hydroxyl groups excluding tert-OH is 2. The second kappa shape index (κ2) is 13.2. The van der Waals surface area contributed by atoms with Crippen molar-refractivity contribution in [2.75, 3.05) is 26.2 Å². The normalized spacial score (nSPS) is 45.1. The van der Waals surface area contributed by atoms with Gasteiger partial charge in [-0.05, 0) is 33.1 Å². The van der Waals surface area contributed by atoms with Gasteiger partial charge in [0.2, 0.25) is 0 Å². The standard InChI is InChI=1S/C26H50N8O8/c1-11-17(35)23(39-10-25(11,3)37)42-20-16(34-24(31)26(38)8-32-9-26)6-15(29)19(18(20)36)41-22-14(28)5-4-13(40-22)7-33-21(30)12(2)27/h11-20,22-23,32,35-38H,4-10,27-29H2,1-3H3,(H2,30,33)(H2,31,34)/t11-,12?,13+,14?,15+,16-,17?,18?,19?,20?,22-,23-,25?/m1/s1. The summed E-state index contributed by atoms with van der Waals surface area (Å²) in [5.41, 5.74) is 21.8. The first-order valence-electron chi connectivity index (χ1n) is 14.6. The van der Waals surface area contributed by atoms with Gasteiger partial charge in [-0.2, -0.15) is 0 Å². The Morgan fingerprint density at radius 2 is 1.79 bits per heavy atom. The van der Waals surface area contributed by atoms with Gasteiger partial charge in [-0.3, -0.25) is 10.4 Å². The van der Waals surface area contributed by atoms with Gasteiger partial charge < -0.3 is 72.9 Å². The summed E-state index contributed by atoms with van der Waals surface area (Å²) in [6, 6.07) is -2.37. The van der Waals surface area contributed by atoms with Crippen molar-refractivity contribution < 1.29 is 39.4 Å². The Hall–Kier alpha value is -1.54. The van der Waals surface area contributed by atoms with Gasteiger partial charge in [0.15, 0.2) is 12.6 Å². The Morgan fingerprint density at radius 3 is 2.40 bits per heavy atom. The molecular weight excluding hydrogens is 552 g/mol. The quantitative estimate of drug-likeness (QED) is 0.0881. The minimum Gasteiger partial charge on any atom is -0.388 e. The molecule has 15 N–H and O–H groups in total. The maximum absolute atomic E-state index is 11.6. The highest BCUT2D eigenvalue weighted by Gasteiger charge is 2.52. The summed E-state index contributed by atoms with van der Waals surface area (Å²) < 4.78 is 24.1. The minimum atomic E-state index is -1.38. The molecule has 0 bridgehead atoms. The predicted molar refractivity (Wildman–Crippen MR) is 152 cm³/mol. The summed E-state index contributed by atoms with van der Waals surface area (Å²) in [4.78, 5) is 4.30. The van der Waals surface area contributed by atoms with Crippen LogP contribution in [0.3, 0.4) is 0 Å². The van der Waals surface area contributed by atoms with Crippen LogP contribution in [0.15, 0.2) is 4.99 Å². The van der Waals surface area contributed by atoms with E-state index in [4.69, 9.17) is 47.3 Å². The molecule has 0 amide bonds. The molecule has 242 valence electrons. The van der Waals surface area contributed by atoms with Crippen molar-refractivity contribution in [1.29, 1.82) is 5.41 Å². The first-order valence-corrected chi connectivity index (χ1v) is 14.6. The van der Waals surface area contributed by atoms with Crippen molar-refractivity contribution in [2.24, 2.45) is 33.8 Å². The van der Waals surface area contributed by atoms with Crippen LogP contribution in [0, 0.1) is 11.3 Å². The van der Waals surface area contributed by atoms with Crippen molar-refractivity contribution >= 4 is 11.7 Å². The van der Waals surface area contributed by atoms with Gasteiger partial charge in [-0.1, -0.05) is 6.92 Å². The molecule has 0 aromatic heterocycles. The minimum absolute atomic E-state index is 0.0976. The van der Waals surface area contributed by atoms with E-state index in [9.17, 15) is 20.4 Å². The smallest absolute Gasteiger partial charge is 0.184 e. The molecule has 16 heteroatoms. The zero-order valence-electron chi connectivity index (χ0n) is 24.6. The molecule has 1 aliphatic carbocycles. The van der Waals surface area contributed by atoms with Gasteiger partial charge in [0.05, 0.1) is 43.0 Å². The monoisotopic (exact) mass is 602 g/mol. The van der Waals surface area contributed by atoms with E-state index in [1.54, 1.807) is 20.8 Å². The van der Waals surface area contributed by atoms with Crippen LogP contribution in [0.25, 0.3) is 0 Å². The van der Waals surface area contributed by atoms with Crippen LogP contribution in [0.5, 0.6) is 0 Å². The molecule has 1 saturated carbocycles. The van der Waals surface area contributed by atoms with Gasteiger partial charge in [-0.25, -0.2) is 0 Å². The van der Waals surface area contributed by atoms with Crippen LogP contribution in [0.1, 0.15) is 40.0 Å². The number of rotatable bonds is 9. The van der Waals surface area contributed by atoms with Crippen LogP contribution in [0.4, 0.5) is 0 Å². The molecule has 4 fully saturated rings. The Balaban J connectivity index is 1.50. The lowest BCUT2D eigenvalue weighted by Crippen LogP contribution is -2.72. The number of nitrogens with zero attached hydrogens (tertiary/aromatic N) is 1. The lowest BCUT2D eigenvalue weighted by molar-refractivity contribution is -0.313. The summed E-state index contributed by atoms with van der Waals surface area (Å²) in [5.74, 6) is -0.431. The first-order chi connectivity index (χ1) is 19.6. The van der Waals surface area contributed by atoms with Crippen molar-refractivity contribution in [3.63, 3.8) is 0 Å². The molecule has 3 heterocycles. The van der Waals surface area contributed by atoms with Gasteiger partial charge >= 0.3 is 0 Å². The average molecular weight is 603 g/mol. The summed E-state index contributed by atoms with van der Waals surface area (Å²) in [5, 5.41) is 58.0. The molecule has 3 aliphatic heterocycles. The number of β-amino-alcohol motifs (C(OH)–C–C–N with tert-alkyl or cyclic N) is 1. The van der Waals surface area contributed by atoms with Crippen molar-refractivity contribution in [1.82, 2.24) is 10.6 Å². The third-order valence-corrected chi connectivity index (χ3v) is 8.98. The van der Waals surface area contributed by atoms with Crippen LogP contribution in [0.2, 0.25) is 0 Å². The molecule has 0 radical (unpaired) electrons. The third kappa shape index (κ3) is 7.22. The molecule has 13 atom stereocenters. The maximum atomic E-state index is 11.6. The molecule has 0 spiro atoms. The average Bonchev–Trinajstić information content (AvgIpc) is 2.91. The van der Waals surface area contributed by atoms with Crippen LogP contribution < -0.4 is 33.6 Å². The SMILES string of the molecule is CC(N)C(N)=NC[C@@H]1CCC(N)[C@@H](OC2C(O)C(O[C@H]3OCC(C)(O)[C@H](C)C3O)[C@H](NC(=N)C3(O)CNC3)C[C@@H]2N)O1. The summed E-state index contributed by atoms with van der Waals surface area (Å²) in [7, 11) is 0. The van der Waals surface area contributed by atoms with E-state index in [-0.39, 0.29) is 50.6 Å². The molecule has 7 unspecified atom stereocenters. The fourth-order valence-corrected chi connectivity index (χ4v) is 5.60. The molecule has 42 heavy (non-hydrogen) atoms. The van der Waals surface area contributed by atoms with E-state index in [0.717, 1.165) is 0 Å². The fraction of sp³-hybridized carbons (Fsp3) is 0.923. The van der Waals surface area contributed by atoms with Crippen LogP contribution in [-0.2, 0) is 18.9 Å². The summed E-state index contributed by atoms with van der Waals surface area (Å²) in [6.45, 7) is 5.55. The highest BCUT2D eigenvalue weighted by Crippen LogP contribution is 2.34. The van der Waals surface area contributed by atoms with Gasteiger partial charge in [0.1, 0.15) is 41.7 Å². The topological polar surface area (TPSA) is 282 Å². The zero-order valence-corrected chi connectivity index (χ0v) is 24.6. The predicted octanol–water partition coefficient (Wildman–Crippen LogP) is -4.24.